The fraction of sp³-hybridized carbons (Fsp3) is 0.167. The molecule has 0 aliphatic rings. The van der Waals surface area contributed by atoms with Crippen LogP contribution in [0.2, 0.25) is 5.02 Å². The molecule has 7 nitrogen and oxygen atoms in total. The first kappa shape index (κ1) is 18.9. The van der Waals surface area contributed by atoms with Crippen molar-refractivity contribution in [3.05, 3.63) is 52.5 Å². The standard InChI is InChI=1S/C18H18ClN5O2S/c1-25-15-4-3-5-16(26-2)12(15)9-22-17(20)24-18-23-14(10-27-18)13-7-6-11(19)8-21-13/h3-8,10H,9H2,1-2H3,(H3,20,22,23,24). The maximum Gasteiger partial charge on any atom is 0.195 e. The molecular formula is C18H18ClN5O2S. The highest BCUT2D eigenvalue weighted by Crippen LogP contribution is 2.29. The summed E-state index contributed by atoms with van der Waals surface area (Å²) in [7, 11) is 3.21. The third-order valence-electron chi connectivity index (χ3n) is 3.67. The normalized spacial score (nSPS) is 11.3. The summed E-state index contributed by atoms with van der Waals surface area (Å²) < 4.78 is 10.7. The van der Waals surface area contributed by atoms with E-state index in [0.29, 0.717) is 28.2 Å². The van der Waals surface area contributed by atoms with E-state index in [1.54, 1.807) is 26.5 Å². The van der Waals surface area contributed by atoms with E-state index in [0.717, 1.165) is 17.0 Å². The van der Waals surface area contributed by atoms with E-state index in [-0.39, 0.29) is 5.96 Å². The number of hydrogen-bond acceptors (Lipinski definition) is 6. The van der Waals surface area contributed by atoms with Crippen molar-refractivity contribution in [2.24, 2.45) is 10.7 Å². The van der Waals surface area contributed by atoms with Crippen LogP contribution in [0, 0.1) is 0 Å². The third kappa shape index (κ3) is 4.66. The van der Waals surface area contributed by atoms with Gasteiger partial charge in [-0.15, -0.1) is 11.3 Å². The van der Waals surface area contributed by atoms with Gasteiger partial charge in [0.15, 0.2) is 11.1 Å². The molecule has 0 amide bonds. The Balaban J connectivity index is 1.71. The van der Waals surface area contributed by atoms with Gasteiger partial charge < -0.3 is 20.5 Å². The van der Waals surface area contributed by atoms with Crippen molar-refractivity contribution < 1.29 is 9.47 Å². The summed E-state index contributed by atoms with van der Waals surface area (Å²) >= 11 is 7.27. The maximum absolute atomic E-state index is 6.00. The molecule has 3 N–H and O–H groups in total. The van der Waals surface area contributed by atoms with Crippen LogP contribution in [0.5, 0.6) is 11.5 Å². The number of anilines is 1. The van der Waals surface area contributed by atoms with Crippen molar-refractivity contribution in [3.8, 4) is 22.9 Å². The van der Waals surface area contributed by atoms with Crippen LogP contribution in [0.1, 0.15) is 5.56 Å². The molecule has 0 atom stereocenters. The zero-order valence-electron chi connectivity index (χ0n) is 14.8. The summed E-state index contributed by atoms with van der Waals surface area (Å²) in [4.78, 5) is 13.1. The lowest BCUT2D eigenvalue weighted by Gasteiger charge is -2.11. The third-order valence-corrected chi connectivity index (χ3v) is 4.65. The minimum atomic E-state index is 0.243. The largest absolute Gasteiger partial charge is 0.496 e. The Kier molecular flexibility index (Phi) is 6.10. The van der Waals surface area contributed by atoms with Gasteiger partial charge in [0, 0.05) is 11.6 Å². The number of aromatic nitrogens is 2. The number of methoxy groups -OCH3 is 2. The number of aliphatic imine (C=N–C) groups is 1. The van der Waals surface area contributed by atoms with Gasteiger partial charge in [0.25, 0.3) is 0 Å². The number of nitrogens with one attached hydrogen (secondary N) is 1. The van der Waals surface area contributed by atoms with Crippen LogP contribution in [-0.2, 0) is 6.54 Å². The average molecular weight is 404 g/mol. The summed E-state index contributed by atoms with van der Waals surface area (Å²) in [5, 5.41) is 6.07. The van der Waals surface area contributed by atoms with Gasteiger partial charge in [-0.25, -0.2) is 9.98 Å². The van der Waals surface area contributed by atoms with E-state index in [2.05, 4.69) is 20.3 Å². The number of nitrogens with two attached hydrogens (primary N) is 1. The molecule has 1 aromatic carbocycles. The summed E-state index contributed by atoms with van der Waals surface area (Å²) in [6.07, 6.45) is 1.58. The molecule has 0 unspecified atom stereocenters. The number of rotatable bonds is 6. The molecular weight excluding hydrogens is 386 g/mol. The van der Waals surface area contributed by atoms with Gasteiger partial charge in [-0.2, -0.15) is 0 Å². The van der Waals surface area contributed by atoms with E-state index in [4.69, 9.17) is 26.8 Å². The van der Waals surface area contributed by atoms with Crippen molar-refractivity contribution >= 4 is 34.0 Å². The van der Waals surface area contributed by atoms with Gasteiger partial charge >= 0.3 is 0 Å². The zero-order valence-corrected chi connectivity index (χ0v) is 16.3. The number of halogens is 1. The Morgan fingerprint density at radius 1 is 1.19 bits per heavy atom. The highest BCUT2D eigenvalue weighted by molar-refractivity contribution is 7.14. The molecule has 2 aromatic heterocycles. The number of benzene rings is 1. The molecule has 0 aliphatic heterocycles. The smallest absolute Gasteiger partial charge is 0.195 e. The number of guanidine groups is 1. The Morgan fingerprint density at radius 3 is 2.56 bits per heavy atom. The highest BCUT2D eigenvalue weighted by atomic mass is 35.5. The molecule has 0 radical (unpaired) electrons. The van der Waals surface area contributed by atoms with Gasteiger partial charge in [-0.1, -0.05) is 17.7 Å². The van der Waals surface area contributed by atoms with Crippen LogP contribution >= 0.6 is 22.9 Å². The van der Waals surface area contributed by atoms with Crippen LogP contribution in [0.3, 0.4) is 0 Å². The van der Waals surface area contributed by atoms with Crippen LogP contribution in [0.15, 0.2) is 46.9 Å². The van der Waals surface area contributed by atoms with E-state index in [1.807, 2.05) is 29.6 Å². The van der Waals surface area contributed by atoms with Crippen LogP contribution in [-0.4, -0.2) is 30.1 Å². The van der Waals surface area contributed by atoms with Crippen molar-refractivity contribution in [2.75, 3.05) is 19.5 Å². The van der Waals surface area contributed by atoms with E-state index in [9.17, 15) is 0 Å². The predicted molar refractivity (Wildman–Crippen MR) is 109 cm³/mol. The Morgan fingerprint density at radius 2 is 1.93 bits per heavy atom. The second-order valence-corrected chi connectivity index (χ2v) is 6.66. The van der Waals surface area contributed by atoms with Gasteiger partial charge in [-0.3, -0.25) is 4.98 Å². The highest BCUT2D eigenvalue weighted by Gasteiger charge is 2.10. The zero-order chi connectivity index (χ0) is 19.2. The molecule has 0 saturated carbocycles. The summed E-state index contributed by atoms with van der Waals surface area (Å²) in [5.74, 6) is 1.63. The molecule has 3 aromatic rings. The second-order valence-electron chi connectivity index (χ2n) is 5.37. The second kappa shape index (κ2) is 8.70. The van der Waals surface area contributed by atoms with Crippen molar-refractivity contribution in [1.82, 2.24) is 9.97 Å². The topological polar surface area (TPSA) is 94.7 Å². The molecule has 2 heterocycles. The molecule has 0 spiro atoms. The fourth-order valence-corrected chi connectivity index (χ4v) is 3.20. The SMILES string of the molecule is COc1cccc(OC)c1CN=C(N)Nc1nc(-c2ccc(Cl)cn2)cs1. The van der Waals surface area contributed by atoms with Crippen molar-refractivity contribution in [3.63, 3.8) is 0 Å². The molecule has 0 aliphatic carbocycles. The van der Waals surface area contributed by atoms with Gasteiger partial charge in [0.05, 0.1) is 37.0 Å². The summed E-state index contributed by atoms with van der Waals surface area (Å²) in [6.45, 7) is 0.309. The maximum atomic E-state index is 6.00. The molecule has 27 heavy (non-hydrogen) atoms. The van der Waals surface area contributed by atoms with Gasteiger partial charge in [0.2, 0.25) is 0 Å². The van der Waals surface area contributed by atoms with Crippen molar-refractivity contribution in [1.29, 1.82) is 0 Å². The Labute approximate surface area is 165 Å². The molecule has 0 bridgehead atoms. The molecule has 0 saturated heterocycles. The lowest BCUT2D eigenvalue weighted by atomic mass is 10.2. The van der Waals surface area contributed by atoms with E-state index in [1.165, 1.54) is 11.3 Å². The first-order valence-electron chi connectivity index (χ1n) is 7.95. The molecule has 9 heteroatoms. The summed E-state index contributed by atoms with van der Waals surface area (Å²) in [5.41, 5.74) is 8.28. The molecule has 140 valence electrons. The van der Waals surface area contributed by atoms with Crippen LogP contribution < -0.4 is 20.5 Å². The number of nitrogens with zero attached hydrogens (tertiary/aromatic N) is 3. The Bertz CT molecular complexity index is 921. The first-order chi connectivity index (χ1) is 13.1. The number of pyridine rings is 1. The van der Waals surface area contributed by atoms with Crippen LogP contribution in [0.4, 0.5) is 5.13 Å². The van der Waals surface area contributed by atoms with Gasteiger partial charge in [0.1, 0.15) is 17.2 Å². The quantitative estimate of drug-likeness (QED) is 0.480. The van der Waals surface area contributed by atoms with E-state index >= 15 is 0 Å². The minimum absolute atomic E-state index is 0.243. The first-order valence-corrected chi connectivity index (χ1v) is 9.20. The predicted octanol–water partition coefficient (Wildman–Crippen LogP) is 3.80. The lowest BCUT2D eigenvalue weighted by Crippen LogP contribution is -2.22. The monoisotopic (exact) mass is 403 g/mol. The van der Waals surface area contributed by atoms with Crippen LogP contribution in [0.25, 0.3) is 11.4 Å². The Hall–Kier alpha value is -2.84. The van der Waals surface area contributed by atoms with Gasteiger partial charge in [-0.05, 0) is 24.3 Å². The van der Waals surface area contributed by atoms with E-state index < -0.39 is 0 Å². The fourth-order valence-electron chi connectivity index (χ4n) is 2.37. The number of hydrogen-bond donors (Lipinski definition) is 2. The summed E-state index contributed by atoms with van der Waals surface area (Å²) in [6, 6.07) is 9.14. The molecule has 3 rings (SSSR count). The number of ether oxygens (including phenoxy) is 2. The molecule has 0 fully saturated rings. The number of thiazole rings is 1. The minimum Gasteiger partial charge on any atom is -0.496 e. The van der Waals surface area contributed by atoms with Crippen molar-refractivity contribution in [2.45, 2.75) is 6.54 Å². The average Bonchev–Trinajstić information content (AvgIpc) is 3.14. The lowest BCUT2D eigenvalue weighted by molar-refractivity contribution is 0.385.